The number of fused-ring (bicyclic) bond motifs is 1. The van der Waals surface area contributed by atoms with E-state index < -0.39 is 12.0 Å². The average molecular weight is 514 g/mol. The molecule has 2 aromatic heterocycles. The van der Waals surface area contributed by atoms with Gasteiger partial charge in [-0.25, -0.2) is 19.7 Å². The van der Waals surface area contributed by atoms with E-state index in [-0.39, 0.29) is 13.0 Å². The fraction of sp³-hybridized carbons (Fsp3) is 0.156. The minimum absolute atomic E-state index is 0.165. The van der Waals surface area contributed by atoms with E-state index in [0.29, 0.717) is 29.1 Å². The second-order valence-electron chi connectivity index (χ2n) is 8.74. The summed E-state index contributed by atoms with van der Waals surface area (Å²) in [5, 5.41) is 0. The van der Waals surface area contributed by atoms with Gasteiger partial charge in [-0.1, -0.05) is 96.9 Å². The molecule has 5 aromatic rings. The number of imidazole rings is 1. The van der Waals surface area contributed by atoms with Crippen molar-refractivity contribution >= 4 is 22.8 Å². The monoisotopic (exact) mass is 513 g/mol. The maximum Gasteiger partial charge on any atom is 0.331 e. The highest BCUT2D eigenvalue weighted by Crippen LogP contribution is 2.16. The molecule has 0 aliphatic rings. The van der Waals surface area contributed by atoms with E-state index in [1.807, 2.05) is 83.4 Å². The molecule has 7 nitrogen and oxygen atoms in total. The van der Waals surface area contributed by atoms with E-state index in [1.54, 1.807) is 13.3 Å². The number of aliphatic imine (C=N–C) groups is 1. The summed E-state index contributed by atoms with van der Waals surface area (Å²) in [6.45, 7) is 2.68. The Bertz CT molecular complexity index is 1590. The van der Waals surface area contributed by atoms with Crippen molar-refractivity contribution in [1.82, 2.24) is 19.5 Å². The van der Waals surface area contributed by atoms with Crippen LogP contribution in [-0.2, 0) is 16.1 Å². The molecule has 0 aliphatic heterocycles. The van der Waals surface area contributed by atoms with Crippen LogP contribution in [0.15, 0.2) is 109 Å². The van der Waals surface area contributed by atoms with E-state index in [9.17, 15) is 4.79 Å². The summed E-state index contributed by atoms with van der Waals surface area (Å²) in [7, 11) is 0. The zero-order valence-electron chi connectivity index (χ0n) is 21.6. The SMILES string of the molecule is CCOC(=O)C(CC#Cc1ncnc2c1ncn2Cc1ccccc1)N=C(c1ccccc1)c1ccccc1. The number of carbonyl (C=O) groups is 1. The zero-order valence-corrected chi connectivity index (χ0v) is 21.6. The molecule has 0 radical (unpaired) electrons. The summed E-state index contributed by atoms with van der Waals surface area (Å²) in [6, 6.07) is 28.9. The minimum Gasteiger partial charge on any atom is -0.464 e. The van der Waals surface area contributed by atoms with E-state index >= 15 is 0 Å². The van der Waals surface area contributed by atoms with Crippen molar-refractivity contribution in [2.45, 2.75) is 25.9 Å². The number of aromatic nitrogens is 4. The third-order valence-electron chi connectivity index (χ3n) is 6.04. The van der Waals surface area contributed by atoms with Gasteiger partial charge in [0.25, 0.3) is 0 Å². The van der Waals surface area contributed by atoms with Crippen LogP contribution in [0.1, 0.15) is 35.7 Å². The van der Waals surface area contributed by atoms with Crippen LogP contribution in [0.3, 0.4) is 0 Å². The van der Waals surface area contributed by atoms with E-state index in [4.69, 9.17) is 9.73 Å². The first kappa shape index (κ1) is 25.6. The molecular formula is C32H27N5O2. The molecule has 1 unspecified atom stereocenters. The van der Waals surface area contributed by atoms with E-state index in [1.165, 1.54) is 6.33 Å². The maximum absolute atomic E-state index is 12.9. The van der Waals surface area contributed by atoms with E-state index in [2.05, 4.69) is 38.9 Å². The topological polar surface area (TPSA) is 82.3 Å². The Balaban J connectivity index is 1.45. The quantitative estimate of drug-likeness (QED) is 0.164. The smallest absolute Gasteiger partial charge is 0.331 e. The summed E-state index contributed by atoms with van der Waals surface area (Å²) >= 11 is 0. The first-order valence-corrected chi connectivity index (χ1v) is 12.8. The molecule has 192 valence electrons. The van der Waals surface area contributed by atoms with Gasteiger partial charge in [-0.05, 0) is 18.4 Å². The molecule has 0 aliphatic carbocycles. The Labute approximate surface area is 227 Å². The molecule has 0 N–H and O–H groups in total. The Kier molecular flexibility index (Phi) is 8.15. The van der Waals surface area contributed by atoms with Gasteiger partial charge >= 0.3 is 5.97 Å². The molecule has 1 atom stereocenters. The molecule has 0 fully saturated rings. The number of hydrogen-bond donors (Lipinski definition) is 0. The maximum atomic E-state index is 12.9. The van der Waals surface area contributed by atoms with Crippen LogP contribution in [0.5, 0.6) is 0 Å². The van der Waals surface area contributed by atoms with Crippen LogP contribution in [0, 0.1) is 11.8 Å². The second-order valence-corrected chi connectivity index (χ2v) is 8.74. The van der Waals surface area contributed by atoms with Gasteiger partial charge in [0.2, 0.25) is 0 Å². The van der Waals surface area contributed by atoms with Crippen LogP contribution in [-0.4, -0.2) is 43.8 Å². The fourth-order valence-electron chi connectivity index (χ4n) is 4.18. The molecule has 0 bridgehead atoms. The minimum atomic E-state index is -0.805. The van der Waals surface area contributed by atoms with Gasteiger partial charge < -0.3 is 9.30 Å². The van der Waals surface area contributed by atoms with Crippen molar-refractivity contribution in [3.63, 3.8) is 0 Å². The number of ether oxygens (including phenoxy) is 1. The number of esters is 1. The summed E-state index contributed by atoms with van der Waals surface area (Å²) in [6.07, 6.45) is 3.40. The van der Waals surface area contributed by atoms with Crippen molar-refractivity contribution in [2.24, 2.45) is 4.99 Å². The van der Waals surface area contributed by atoms with Crippen molar-refractivity contribution in [2.75, 3.05) is 6.61 Å². The lowest BCUT2D eigenvalue weighted by atomic mass is 10.0. The zero-order chi connectivity index (χ0) is 26.9. The molecule has 2 heterocycles. The highest BCUT2D eigenvalue weighted by Gasteiger charge is 2.20. The normalized spacial score (nSPS) is 11.3. The highest BCUT2D eigenvalue weighted by atomic mass is 16.5. The number of nitrogens with zero attached hydrogens (tertiary/aromatic N) is 5. The van der Waals surface area contributed by atoms with Gasteiger partial charge in [0.05, 0.1) is 25.2 Å². The number of benzene rings is 3. The highest BCUT2D eigenvalue weighted by molar-refractivity contribution is 6.13. The number of carbonyl (C=O) groups excluding carboxylic acids is 1. The lowest BCUT2D eigenvalue weighted by Crippen LogP contribution is -2.23. The molecule has 0 spiro atoms. The van der Waals surface area contributed by atoms with Gasteiger partial charge in [-0.3, -0.25) is 4.99 Å². The molecule has 0 saturated carbocycles. The van der Waals surface area contributed by atoms with Gasteiger partial charge in [0.1, 0.15) is 17.5 Å². The van der Waals surface area contributed by atoms with Crippen LogP contribution in [0.25, 0.3) is 11.2 Å². The lowest BCUT2D eigenvalue weighted by molar-refractivity contribution is -0.144. The number of rotatable bonds is 8. The Hall–Kier alpha value is -5.09. The van der Waals surface area contributed by atoms with Crippen LogP contribution >= 0.6 is 0 Å². The molecular weight excluding hydrogens is 486 g/mol. The average Bonchev–Trinajstić information content (AvgIpc) is 3.39. The van der Waals surface area contributed by atoms with Crippen LogP contribution < -0.4 is 0 Å². The summed E-state index contributed by atoms with van der Waals surface area (Å²) in [5.74, 6) is 5.77. The molecule has 39 heavy (non-hydrogen) atoms. The van der Waals surface area contributed by atoms with Gasteiger partial charge in [0, 0.05) is 17.5 Å². The van der Waals surface area contributed by atoms with Crippen LogP contribution in [0.2, 0.25) is 0 Å². The Morgan fingerprint density at radius 2 is 1.54 bits per heavy atom. The lowest BCUT2D eigenvalue weighted by Gasteiger charge is -2.13. The third kappa shape index (κ3) is 6.25. The van der Waals surface area contributed by atoms with Gasteiger partial charge in [-0.2, -0.15) is 0 Å². The van der Waals surface area contributed by atoms with Crippen molar-refractivity contribution in [1.29, 1.82) is 0 Å². The molecule has 3 aromatic carbocycles. The summed E-state index contributed by atoms with van der Waals surface area (Å²) < 4.78 is 7.32. The molecule has 0 amide bonds. The van der Waals surface area contributed by atoms with Crippen molar-refractivity contribution in [3.05, 3.63) is 126 Å². The van der Waals surface area contributed by atoms with Crippen molar-refractivity contribution in [3.8, 4) is 11.8 Å². The van der Waals surface area contributed by atoms with Gasteiger partial charge in [0.15, 0.2) is 11.7 Å². The van der Waals surface area contributed by atoms with Gasteiger partial charge in [-0.15, -0.1) is 0 Å². The van der Waals surface area contributed by atoms with Crippen molar-refractivity contribution < 1.29 is 9.53 Å². The first-order valence-electron chi connectivity index (χ1n) is 12.8. The summed E-state index contributed by atoms with van der Waals surface area (Å²) in [5.41, 5.74) is 5.50. The Morgan fingerprint density at radius 1 is 0.897 bits per heavy atom. The molecule has 5 rings (SSSR count). The number of hydrogen-bond acceptors (Lipinski definition) is 6. The van der Waals surface area contributed by atoms with E-state index in [0.717, 1.165) is 16.7 Å². The molecule has 0 saturated heterocycles. The fourth-order valence-corrected chi connectivity index (χ4v) is 4.18. The predicted molar refractivity (Wildman–Crippen MR) is 151 cm³/mol. The standard InChI is InChI=1S/C32H27N5O2/c1-2-39-32(38)28(36-29(25-15-8-4-9-16-25)26-17-10-5-11-18-26)20-12-19-27-30-31(34-22-33-27)37(23-35-30)21-24-13-6-3-7-14-24/h3-11,13-18,22-23,28H,2,20-21H2,1H3. The predicted octanol–water partition coefficient (Wildman–Crippen LogP) is 5.09. The first-order chi connectivity index (χ1) is 19.2. The van der Waals surface area contributed by atoms with Crippen LogP contribution in [0.4, 0.5) is 0 Å². The second kappa shape index (κ2) is 12.4. The molecule has 7 heteroatoms. The third-order valence-corrected chi connectivity index (χ3v) is 6.04. The Morgan fingerprint density at radius 3 is 2.18 bits per heavy atom. The summed E-state index contributed by atoms with van der Waals surface area (Å²) in [4.78, 5) is 31.1. The largest absolute Gasteiger partial charge is 0.464 e.